The normalized spacial score (nSPS) is 10.7. The second kappa shape index (κ2) is 4.53. The van der Waals surface area contributed by atoms with E-state index in [1.54, 1.807) is 12.4 Å². The minimum absolute atomic E-state index is 0.00330. The molecule has 5 heteroatoms. The number of fused-ring (bicyclic) bond motifs is 1. The minimum Gasteiger partial charge on any atom is -0.382 e. The molecule has 3 rings (SSSR count). The van der Waals surface area contributed by atoms with E-state index in [1.807, 2.05) is 30.3 Å². The van der Waals surface area contributed by atoms with E-state index in [4.69, 9.17) is 11.1 Å². The number of hydrogen-bond donors (Lipinski definition) is 3. The molecule has 0 aliphatic rings. The first kappa shape index (κ1) is 11.4. The van der Waals surface area contributed by atoms with Gasteiger partial charge in [0.2, 0.25) is 0 Å². The average molecular weight is 251 g/mol. The third kappa shape index (κ3) is 2.06. The number of nitrogens with two attached hydrogens (primary N) is 1. The first-order valence-electron chi connectivity index (χ1n) is 5.95. The van der Waals surface area contributed by atoms with Crippen LogP contribution < -0.4 is 5.73 Å². The summed E-state index contributed by atoms with van der Waals surface area (Å²) in [4.78, 5) is 4.01. The molecular weight excluding hydrogens is 238 g/mol. The molecule has 2 aromatic heterocycles. The van der Waals surface area contributed by atoms with Crippen molar-refractivity contribution in [3.63, 3.8) is 0 Å². The lowest BCUT2D eigenvalue weighted by Gasteiger charge is -2.02. The van der Waals surface area contributed by atoms with E-state index in [1.165, 1.54) is 5.56 Å². The fourth-order valence-corrected chi connectivity index (χ4v) is 2.17. The maximum atomic E-state index is 7.52. The van der Waals surface area contributed by atoms with Gasteiger partial charge in [-0.3, -0.25) is 15.5 Å². The van der Waals surface area contributed by atoms with Crippen LogP contribution in [0.2, 0.25) is 0 Å². The van der Waals surface area contributed by atoms with Gasteiger partial charge in [0.25, 0.3) is 0 Å². The van der Waals surface area contributed by atoms with E-state index >= 15 is 0 Å². The molecule has 0 aliphatic heterocycles. The van der Waals surface area contributed by atoms with E-state index in [0.29, 0.717) is 5.69 Å². The number of nitrogens with zero attached hydrogens (tertiary/aromatic N) is 2. The Morgan fingerprint density at radius 1 is 1.21 bits per heavy atom. The zero-order valence-corrected chi connectivity index (χ0v) is 10.2. The molecule has 0 aliphatic carbocycles. The average Bonchev–Trinajstić information content (AvgIpc) is 2.85. The van der Waals surface area contributed by atoms with E-state index in [2.05, 4.69) is 15.2 Å². The highest BCUT2D eigenvalue weighted by atomic mass is 15.1. The van der Waals surface area contributed by atoms with E-state index in [0.717, 1.165) is 22.9 Å². The standard InChI is InChI=1S/C14H13N5/c15-14(16)13-11-3-1-2-10(12(11)18-19-13)8-9-4-6-17-7-5-9/h1-7H,8H2,(H3,15,16)(H,18,19). The van der Waals surface area contributed by atoms with E-state index in [9.17, 15) is 0 Å². The molecule has 94 valence electrons. The number of nitrogens with one attached hydrogen (secondary N) is 2. The molecule has 0 bridgehead atoms. The van der Waals surface area contributed by atoms with Gasteiger partial charge in [0, 0.05) is 17.8 Å². The summed E-state index contributed by atoms with van der Waals surface area (Å²) >= 11 is 0. The number of aromatic nitrogens is 3. The molecule has 0 saturated carbocycles. The SMILES string of the molecule is N=C(N)c1[nH]nc2c(Cc3ccncc3)cccc12. The lowest BCUT2D eigenvalue weighted by atomic mass is 10.0. The second-order valence-corrected chi connectivity index (χ2v) is 4.36. The van der Waals surface area contributed by atoms with Crippen molar-refractivity contribution in [2.45, 2.75) is 6.42 Å². The van der Waals surface area contributed by atoms with Crippen LogP contribution in [0.4, 0.5) is 0 Å². The smallest absolute Gasteiger partial charge is 0.141 e. The Bertz CT molecular complexity index is 730. The molecule has 5 nitrogen and oxygen atoms in total. The predicted octanol–water partition coefficient (Wildman–Crippen LogP) is 1.83. The summed E-state index contributed by atoms with van der Waals surface area (Å²) in [5.74, 6) is 0.00330. The minimum atomic E-state index is 0.00330. The molecule has 1 aromatic carbocycles. The highest BCUT2D eigenvalue weighted by Gasteiger charge is 2.11. The molecule has 19 heavy (non-hydrogen) atoms. The van der Waals surface area contributed by atoms with Crippen LogP contribution in [0.5, 0.6) is 0 Å². The topological polar surface area (TPSA) is 91.4 Å². The van der Waals surface area contributed by atoms with Crippen molar-refractivity contribution in [3.05, 3.63) is 59.5 Å². The van der Waals surface area contributed by atoms with Crippen LogP contribution in [0.1, 0.15) is 16.8 Å². The number of pyridine rings is 1. The van der Waals surface area contributed by atoms with Crippen molar-refractivity contribution in [1.82, 2.24) is 15.2 Å². The molecule has 0 unspecified atom stereocenters. The van der Waals surface area contributed by atoms with Crippen molar-refractivity contribution in [3.8, 4) is 0 Å². The van der Waals surface area contributed by atoms with Crippen LogP contribution >= 0.6 is 0 Å². The number of aromatic amines is 1. The Labute approximate surface area is 110 Å². The Balaban J connectivity index is 2.07. The predicted molar refractivity (Wildman–Crippen MR) is 74.2 cm³/mol. The molecule has 0 spiro atoms. The number of amidine groups is 1. The van der Waals surface area contributed by atoms with E-state index in [-0.39, 0.29) is 5.84 Å². The Morgan fingerprint density at radius 2 is 2.00 bits per heavy atom. The Hall–Kier alpha value is -2.69. The number of para-hydroxylation sites is 1. The van der Waals surface area contributed by atoms with Gasteiger partial charge in [0.15, 0.2) is 0 Å². The summed E-state index contributed by atoms with van der Waals surface area (Å²) in [6.45, 7) is 0. The summed E-state index contributed by atoms with van der Waals surface area (Å²) in [5.41, 5.74) is 9.25. The zero-order chi connectivity index (χ0) is 13.2. The summed E-state index contributed by atoms with van der Waals surface area (Å²) in [6.07, 6.45) is 4.34. The van der Waals surface area contributed by atoms with Crippen molar-refractivity contribution in [2.75, 3.05) is 0 Å². The summed E-state index contributed by atoms with van der Waals surface area (Å²) < 4.78 is 0. The molecule has 2 heterocycles. The quantitative estimate of drug-likeness (QED) is 0.490. The first-order valence-corrected chi connectivity index (χ1v) is 5.95. The number of H-pyrrole nitrogens is 1. The molecular formula is C14H13N5. The van der Waals surface area contributed by atoms with Gasteiger partial charge in [0.05, 0.1) is 5.52 Å². The molecule has 4 N–H and O–H groups in total. The van der Waals surface area contributed by atoms with Crippen LogP contribution in [0.15, 0.2) is 42.7 Å². The number of benzene rings is 1. The van der Waals surface area contributed by atoms with Gasteiger partial charge >= 0.3 is 0 Å². The summed E-state index contributed by atoms with van der Waals surface area (Å²) in [7, 11) is 0. The second-order valence-electron chi connectivity index (χ2n) is 4.36. The maximum absolute atomic E-state index is 7.52. The molecule has 0 saturated heterocycles. The molecule has 0 fully saturated rings. The molecule has 0 atom stereocenters. The van der Waals surface area contributed by atoms with Crippen LogP contribution in [-0.2, 0) is 6.42 Å². The lowest BCUT2D eigenvalue weighted by Crippen LogP contribution is -2.11. The van der Waals surface area contributed by atoms with E-state index < -0.39 is 0 Å². The van der Waals surface area contributed by atoms with Gasteiger partial charge in [-0.2, -0.15) is 5.10 Å². The highest BCUT2D eigenvalue weighted by molar-refractivity contribution is 6.05. The van der Waals surface area contributed by atoms with Crippen LogP contribution in [0.3, 0.4) is 0 Å². The maximum Gasteiger partial charge on any atom is 0.141 e. The van der Waals surface area contributed by atoms with Crippen LogP contribution in [-0.4, -0.2) is 21.0 Å². The molecule has 3 aromatic rings. The fourth-order valence-electron chi connectivity index (χ4n) is 2.17. The molecule has 0 amide bonds. The highest BCUT2D eigenvalue weighted by Crippen LogP contribution is 2.21. The summed E-state index contributed by atoms with van der Waals surface area (Å²) in [6, 6.07) is 9.88. The Morgan fingerprint density at radius 3 is 2.74 bits per heavy atom. The van der Waals surface area contributed by atoms with Gasteiger partial charge in [-0.25, -0.2) is 0 Å². The van der Waals surface area contributed by atoms with Crippen molar-refractivity contribution < 1.29 is 0 Å². The largest absolute Gasteiger partial charge is 0.382 e. The number of rotatable bonds is 3. The zero-order valence-electron chi connectivity index (χ0n) is 10.2. The van der Waals surface area contributed by atoms with Gasteiger partial charge in [0.1, 0.15) is 11.5 Å². The fraction of sp³-hybridized carbons (Fsp3) is 0.0714. The number of hydrogen-bond acceptors (Lipinski definition) is 3. The third-order valence-corrected chi connectivity index (χ3v) is 3.08. The number of nitrogen functional groups attached to an aromatic ring is 1. The first-order chi connectivity index (χ1) is 9.25. The van der Waals surface area contributed by atoms with Crippen molar-refractivity contribution >= 4 is 16.7 Å². The lowest BCUT2D eigenvalue weighted by molar-refractivity contribution is 1.08. The monoisotopic (exact) mass is 251 g/mol. The third-order valence-electron chi connectivity index (χ3n) is 3.08. The van der Waals surface area contributed by atoms with Gasteiger partial charge in [-0.15, -0.1) is 0 Å². The Kier molecular flexibility index (Phi) is 2.72. The van der Waals surface area contributed by atoms with Gasteiger partial charge < -0.3 is 5.73 Å². The molecule has 0 radical (unpaired) electrons. The van der Waals surface area contributed by atoms with Crippen molar-refractivity contribution in [1.29, 1.82) is 5.41 Å². The van der Waals surface area contributed by atoms with Gasteiger partial charge in [-0.1, -0.05) is 18.2 Å². The van der Waals surface area contributed by atoms with Crippen molar-refractivity contribution in [2.24, 2.45) is 5.73 Å². The summed E-state index contributed by atoms with van der Waals surface area (Å²) in [5, 5.41) is 15.5. The van der Waals surface area contributed by atoms with Gasteiger partial charge in [-0.05, 0) is 29.7 Å². The van der Waals surface area contributed by atoms with Crippen LogP contribution in [0, 0.1) is 5.41 Å². The van der Waals surface area contributed by atoms with Crippen LogP contribution in [0.25, 0.3) is 10.9 Å².